The predicted octanol–water partition coefficient (Wildman–Crippen LogP) is 5.39. The Morgan fingerprint density at radius 1 is 0.920 bits per heavy atom. The summed E-state index contributed by atoms with van der Waals surface area (Å²) in [6, 6.07) is 19.3. The Balaban J connectivity index is 1.62. The number of fused-ring (bicyclic) bond motifs is 1. The minimum Gasteiger partial charge on any atom is -0.192 e. The van der Waals surface area contributed by atoms with Crippen molar-refractivity contribution >= 4 is 40.6 Å². The molecule has 2 aromatic carbocycles. The molecule has 0 aliphatic rings. The summed E-state index contributed by atoms with van der Waals surface area (Å²) in [7, 11) is 0. The van der Waals surface area contributed by atoms with Gasteiger partial charge in [-0.2, -0.15) is 9.61 Å². The summed E-state index contributed by atoms with van der Waals surface area (Å²) in [5.74, 6) is 1.43. The Kier molecular flexibility index (Phi) is 4.61. The molecule has 4 aromatic rings. The van der Waals surface area contributed by atoms with E-state index in [0.29, 0.717) is 21.4 Å². The summed E-state index contributed by atoms with van der Waals surface area (Å²) in [6.07, 6.45) is 0. The van der Waals surface area contributed by atoms with Gasteiger partial charge in [0.05, 0.1) is 0 Å². The molecule has 0 saturated carbocycles. The first-order valence-corrected chi connectivity index (χ1v) is 9.29. The van der Waals surface area contributed by atoms with Gasteiger partial charge in [0.15, 0.2) is 11.5 Å². The molecule has 25 heavy (non-hydrogen) atoms. The second-order valence-corrected chi connectivity index (χ2v) is 7.19. The lowest BCUT2D eigenvalue weighted by Gasteiger charge is -2.05. The number of aromatic nitrogens is 4. The molecule has 0 spiro atoms. The number of benzene rings is 2. The fourth-order valence-corrected chi connectivity index (χ4v) is 3.82. The van der Waals surface area contributed by atoms with Crippen LogP contribution in [0, 0.1) is 0 Å². The van der Waals surface area contributed by atoms with Gasteiger partial charge in [-0.25, -0.2) is 0 Å². The maximum Gasteiger partial charge on any atom is 0.185 e. The minimum atomic E-state index is 0.635. The van der Waals surface area contributed by atoms with Gasteiger partial charge in [0, 0.05) is 21.4 Å². The molecule has 124 valence electrons. The lowest BCUT2D eigenvalue weighted by atomic mass is 10.2. The Morgan fingerprint density at radius 2 is 1.76 bits per heavy atom. The third kappa shape index (κ3) is 3.49. The van der Waals surface area contributed by atoms with Crippen molar-refractivity contribution in [1.29, 1.82) is 0 Å². The second kappa shape index (κ2) is 7.04. The highest BCUT2D eigenvalue weighted by Crippen LogP contribution is 2.28. The number of nitrogens with zero attached hydrogens (tertiary/aromatic N) is 4. The smallest absolute Gasteiger partial charge is 0.185 e. The average Bonchev–Trinajstić information content (AvgIpc) is 3.05. The van der Waals surface area contributed by atoms with Crippen molar-refractivity contribution in [2.75, 3.05) is 0 Å². The molecule has 2 aromatic heterocycles. The minimum absolute atomic E-state index is 0.635. The van der Waals surface area contributed by atoms with Crippen LogP contribution in [-0.4, -0.2) is 19.8 Å². The van der Waals surface area contributed by atoms with Crippen LogP contribution >= 0.6 is 35.0 Å². The standard InChI is InChI=1S/C18H12Cl2N4S/c19-14-7-6-13(15(20)10-14)11-25-17-9-8-16-21-22-18(24(16)23-17)12-4-2-1-3-5-12/h1-10H,11H2. The number of hydrogen-bond donors (Lipinski definition) is 0. The second-order valence-electron chi connectivity index (χ2n) is 5.36. The zero-order chi connectivity index (χ0) is 17.2. The lowest BCUT2D eigenvalue weighted by Crippen LogP contribution is -1.96. The van der Waals surface area contributed by atoms with E-state index in [1.807, 2.05) is 54.6 Å². The summed E-state index contributed by atoms with van der Waals surface area (Å²) >= 11 is 13.8. The zero-order valence-electron chi connectivity index (χ0n) is 12.9. The van der Waals surface area contributed by atoms with Crippen LogP contribution < -0.4 is 0 Å². The molecule has 0 bridgehead atoms. The highest BCUT2D eigenvalue weighted by molar-refractivity contribution is 7.98. The molecule has 4 rings (SSSR count). The first kappa shape index (κ1) is 16.4. The van der Waals surface area contributed by atoms with Crippen LogP contribution in [-0.2, 0) is 5.75 Å². The van der Waals surface area contributed by atoms with E-state index in [1.165, 1.54) is 0 Å². The van der Waals surface area contributed by atoms with Gasteiger partial charge in [-0.3, -0.25) is 0 Å². The van der Waals surface area contributed by atoms with E-state index >= 15 is 0 Å². The summed E-state index contributed by atoms with van der Waals surface area (Å²) in [5, 5.41) is 15.3. The number of halogens is 2. The van der Waals surface area contributed by atoms with Gasteiger partial charge in [-0.15, -0.1) is 10.2 Å². The highest BCUT2D eigenvalue weighted by atomic mass is 35.5. The van der Waals surface area contributed by atoms with Crippen LogP contribution in [0.25, 0.3) is 17.0 Å². The van der Waals surface area contributed by atoms with Gasteiger partial charge in [0.25, 0.3) is 0 Å². The quantitative estimate of drug-likeness (QED) is 0.441. The molecular formula is C18H12Cl2N4S. The van der Waals surface area contributed by atoms with Crippen LogP contribution in [0.1, 0.15) is 5.56 Å². The molecule has 0 fully saturated rings. The first-order chi connectivity index (χ1) is 12.2. The van der Waals surface area contributed by atoms with Crippen molar-refractivity contribution in [1.82, 2.24) is 19.8 Å². The molecule has 0 aliphatic carbocycles. The molecule has 0 amide bonds. The fraction of sp³-hybridized carbons (Fsp3) is 0.0556. The fourth-order valence-electron chi connectivity index (χ4n) is 2.41. The lowest BCUT2D eigenvalue weighted by molar-refractivity contribution is 0.860. The van der Waals surface area contributed by atoms with Crippen molar-refractivity contribution in [2.45, 2.75) is 10.8 Å². The van der Waals surface area contributed by atoms with E-state index in [-0.39, 0.29) is 0 Å². The molecule has 0 saturated heterocycles. The Hall–Kier alpha value is -2.08. The van der Waals surface area contributed by atoms with Crippen LogP contribution in [0.4, 0.5) is 0 Å². The normalized spacial score (nSPS) is 11.1. The summed E-state index contributed by atoms with van der Waals surface area (Å²) < 4.78 is 1.77. The van der Waals surface area contributed by atoms with Gasteiger partial charge in [0.2, 0.25) is 0 Å². The Bertz CT molecular complexity index is 1030. The summed E-state index contributed by atoms with van der Waals surface area (Å²) in [4.78, 5) is 0. The number of thioether (sulfide) groups is 1. The highest BCUT2D eigenvalue weighted by Gasteiger charge is 2.10. The van der Waals surface area contributed by atoms with Crippen LogP contribution in [0.15, 0.2) is 65.7 Å². The van der Waals surface area contributed by atoms with E-state index in [0.717, 1.165) is 22.0 Å². The third-order valence-electron chi connectivity index (χ3n) is 3.66. The monoisotopic (exact) mass is 386 g/mol. The molecule has 2 heterocycles. The van der Waals surface area contributed by atoms with E-state index in [9.17, 15) is 0 Å². The van der Waals surface area contributed by atoms with Crippen molar-refractivity contribution in [3.05, 3.63) is 76.3 Å². The van der Waals surface area contributed by atoms with Gasteiger partial charge >= 0.3 is 0 Å². The zero-order valence-corrected chi connectivity index (χ0v) is 15.3. The number of hydrogen-bond acceptors (Lipinski definition) is 4. The van der Waals surface area contributed by atoms with Gasteiger partial charge < -0.3 is 0 Å². The SMILES string of the molecule is Clc1ccc(CSc2ccc3nnc(-c4ccccc4)n3n2)c(Cl)c1. The Labute approximate surface area is 158 Å². The largest absolute Gasteiger partial charge is 0.192 e. The molecule has 0 aliphatic heterocycles. The van der Waals surface area contributed by atoms with Crippen LogP contribution in [0.3, 0.4) is 0 Å². The van der Waals surface area contributed by atoms with Crippen LogP contribution in [0.2, 0.25) is 10.0 Å². The van der Waals surface area contributed by atoms with E-state index in [4.69, 9.17) is 23.2 Å². The van der Waals surface area contributed by atoms with E-state index in [2.05, 4.69) is 15.3 Å². The third-order valence-corrected chi connectivity index (χ3v) is 5.22. The van der Waals surface area contributed by atoms with Gasteiger partial charge in [-0.05, 0) is 29.8 Å². The van der Waals surface area contributed by atoms with Gasteiger partial charge in [-0.1, -0.05) is 71.4 Å². The first-order valence-electron chi connectivity index (χ1n) is 7.55. The molecule has 7 heteroatoms. The molecule has 4 nitrogen and oxygen atoms in total. The number of rotatable bonds is 4. The maximum absolute atomic E-state index is 6.24. The van der Waals surface area contributed by atoms with Gasteiger partial charge in [0.1, 0.15) is 5.03 Å². The Morgan fingerprint density at radius 3 is 2.56 bits per heavy atom. The van der Waals surface area contributed by atoms with Crippen molar-refractivity contribution in [3.63, 3.8) is 0 Å². The van der Waals surface area contributed by atoms with Crippen molar-refractivity contribution < 1.29 is 0 Å². The maximum atomic E-state index is 6.24. The van der Waals surface area contributed by atoms with E-state index < -0.39 is 0 Å². The average molecular weight is 387 g/mol. The summed E-state index contributed by atoms with van der Waals surface area (Å²) in [6.45, 7) is 0. The predicted molar refractivity (Wildman–Crippen MR) is 102 cm³/mol. The molecule has 0 N–H and O–H groups in total. The van der Waals surface area contributed by atoms with Crippen molar-refractivity contribution in [3.8, 4) is 11.4 Å². The molecule has 0 atom stereocenters. The van der Waals surface area contributed by atoms with Crippen LogP contribution in [0.5, 0.6) is 0 Å². The molecule has 0 unspecified atom stereocenters. The molecule has 0 radical (unpaired) electrons. The van der Waals surface area contributed by atoms with Crippen molar-refractivity contribution in [2.24, 2.45) is 0 Å². The van der Waals surface area contributed by atoms with E-state index in [1.54, 1.807) is 22.3 Å². The molecular weight excluding hydrogens is 375 g/mol. The topological polar surface area (TPSA) is 43.1 Å². The summed E-state index contributed by atoms with van der Waals surface area (Å²) in [5.41, 5.74) is 2.71.